The summed E-state index contributed by atoms with van der Waals surface area (Å²) in [5.41, 5.74) is -0.0848. The van der Waals surface area contributed by atoms with Gasteiger partial charge in [-0.25, -0.2) is 0 Å². The molecule has 0 radical (unpaired) electrons. The van der Waals surface area contributed by atoms with Crippen molar-refractivity contribution in [3.63, 3.8) is 0 Å². The summed E-state index contributed by atoms with van der Waals surface area (Å²) in [5, 5.41) is 14.0. The molecule has 0 amide bonds. The average molecular weight is 437 g/mol. The summed E-state index contributed by atoms with van der Waals surface area (Å²) in [4.78, 5) is 19.0. The molecule has 4 nitrogen and oxygen atoms in total. The van der Waals surface area contributed by atoms with Crippen LogP contribution in [0.3, 0.4) is 0 Å². The zero-order chi connectivity index (χ0) is 22.9. The number of ketones is 1. The summed E-state index contributed by atoms with van der Waals surface area (Å²) >= 11 is 0. The fourth-order valence-corrected chi connectivity index (χ4v) is 5.85. The maximum atomic E-state index is 14.2. The van der Waals surface area contributed by atoms with Crippen LogP contribution >= 0.6 is 0 Å². The second-order valence-corrected chi connectivity index (χ2v) is 10.9. The summed E-state index contributed by atoms with van der Waals surface area (Å²) in [5.74, 6) is 0.754. The Kier molecular flexibility index (Phi) is 6.76. The second kappa shape index (κ2) is 9.24. The summed E-state index contributed by atoms with van der Waals surface area (Å²) in [6.45, 7) is 12.5. The molecule has 2 fully saturated rings. The third kappa shape index (κ3) is 4.64. The van der Waals surface area contributed by atoms with E-state index in [9.17, 15) is 9.90 Å². The molecular formula is C28H40N2O2. The van der Waals surface area contributed by atoms with Gasteiger partial charge in [-0.05, 0) is 63.1 Å². The fourth-order valence-electron chi connectivity index (χ4n) is 5.85. The van der Waals surface area contributed by atoms with Crippen molar-refractivity contribution in [2.75, 3.05) is 26.2 Å². The molecule has 32 heavy (non-hydrogen) atoms. The molecule has 2 aliphatic rings. The number of carbonyl (C=O) groups is 1. The minimum Gasteiger partial charge on any atom is -0.388 e. The number of aliphatic hydroxyl groups is 1. The number of rotatable bonds is 5. The number of carbonyl (C=O) groups excluding carboxylic acids is 1. The molecule has 1 aliphatic heterocycles. The molecular weight excluding hydrogens is 396 g/mol. The molecule has 1 heterocycles. The Hall–Kier alpha value is -1.75. The smallest absolute Gasteiger partial charge is 0.183 e. The lowest BCUT2D eigenvalue weighted by atomic mass is 9.71. The Labute approximate surface area is 193 Å². The summed E-state index contributed by atoms with van der Waals surface area (Å²) in [6, 6.07) is 13.6. The zero-order valence-electron chi connectivity index (χ0n) is 20.3. The van der Waals surface area contributed by atoms with E-state index in [1.54, 1.807) is 0 Å². The quantitative estimate of drug-likeness (QED) is 0.659. The number of hydrogen-bond acceptors (Lipinski definition) is 4. The van der Waals surface area contributed by atoms with Crippen molar-refractivity contribution in [1.29, 1.82) is 0 Å². The van der Waals surface area contributed by atoms with Crippen LogP contribution < -0.4 is 0 Å². The number of Topliss-reactive ketones (excluding diaryl/α,β-unsaturated/α-hetero) is 1. The van der Waals surface area contributed by atoms with Crippen LogP contribution in [0.15, 0.2) is 42.5 Å². The minimum absolute atomic E-state index is 0.0865. The van der Waals surface area contributed by atoms with E-state index < -0.39 is 11.6 Å². The van der Waals surface area contributed by atoms with E-state index in [0.29, 0.717) is 18.8 Å². The van der Waals surface area contributed by atoms with Crippen molar-refractivity contribution < 1.29 is 9.90 Å². The molecule has 4 rings (SSSR count). The topological polar surface area (TPSA) is 43.8 Å². The highest BCUT2D eigenvalue weighted by Gasteiger charge is 2.48. The van der Waals surface area contributed by atoms with Gasteiger partial charge < -0.3 is 5.11 Å². The van der Waals surface area contributed by atoms with Gasteiger partial charge in [-0.2, -0.15) is 0 Å². The van der Waals surface area contributed by atoms with Gasteiger partial charge in [0.05, 0.1) is 5.60 Å². The van der Waals surface area contributed by atoms with E-state index >= 15 is 0 Å². The second-order valence-electron chi connectivity index (χ2n) is 10.9. The van der Waals surface area contributed by atoms with Crippen LogP contribution in [0.4, 0.5) is 0 Å². The van der Waals surface area contributed by atoms with Gasteiger partial charge in [0.15, 0.2) is 5.78 Å². The van der Waals surface area contributed by atoms with Gasteiger partial charge in [0.25, 0.3) is 0 Å². The van der Waals surface area contributed by atoms with E-state index in [1.807, 2.05) is 30.3 Å². The predicted molar refractivity (Wildman–Crippen MR) is 132 cm³/mol. The number of piperazine rings is 1. The van der Waals surface area contributed by atoms with Crippen molar-refractivity contribution >= 4 is 16.6 Å². The first-order chi connectivity index (χ1) is 15.2. The monoisotopic (exact) mass is 436 g/mol. The first-order valence-corrected chi connectivity index (χ1v) is 12.5. The van der Waals surface area contributed by atoms with Gasteiger partial charge in [-0.15, -0.1) is 0 Å². The molecule has 2 aromatic carbocycles. The Morgan fingerprint density at radius 2 is 1.66 bits per heavy atom. The van der Waals surface area contributed by atoms with Gasteiger partial charge in [0.2, 0.25) is 0 Å². The first-order valence-electron chi connectivity index (χ1n) is 12.5. The van der Waals surface area contributed by atoms with Gasteiger partial charge >= 0.3 is 0 Å². The molecule has 174 valence electrons. The van der Waals surface area contributed by atoms with Crippen molar-refractivity contribution in [2.24, 2.45) is 5.92 Å². The largest absolute Gasteiger partial charge is 0.388 e. The third-order valence-electron chi connectivity index (χ3n) is 7.99. The minimum atomic E-state index is -0.955. The molecule has 2 aromatic rings. The van der Waals surface area contributed by atoms with Crippen LogP contribution in [0.2, 0.25) is 0 Å². The molecule has 1 unspecified atom stereocenters. The lowest BCUT2D eigenvalue weighted by Crippen LogP contribution is -2.63. The van der Waals surface area contributed by atoms with Crippen LogP contribution in [0.5, 0.6) is 0 Å². The zero-order valence-corrected chi connectivity index (χ0v) is 20.3. The molecule has 1 saturated carbocycles. The predicted octanol–water partition coefficient (Wildman–Crippen LogP) is 5.14. The Morgan fingerprint density at radius 3 is 2.28 bits per heavy atom. The van der Waals surface area contributed by atoms with Gasteiger partial charge in [-0.3, -0.25) is 14.6 Å². The van der Waals surface area contributed by atoms with E-state index in [2.05, 4.69) is 49.6 Å². The van der Waals surface area contributed by atoms with Gasteiger partial charge in [0, 0.05) is 37.3 Å². The first kappa shape index (κ1) is 23.4. The number of hydrogen-bond donors (Lipinski definition) is 1. The normalized spacial score (nSPS) is 26.8. The molecule has 1 N–H and O–H groups in total. The summed E-state index contributed by atoms with van der Waals surface area (Å²) in [6.07, 6.45) is 4.60. The SMILES string of the molecule is CCC1CCC(O)(C(C(=O)c2cccc3ccccc23)N2CCN(C(C)(C)C)CC2)CC1. The lowest BCUT2D eigenvalue weighted by Gasteiger charge is -2.49. The van der Waals surface area contributed by atoms with Crippen molar-refractivity contribution in [3.05, 3.63) is 48.0 Å². The van der Waals surface area contributed by atoms with E-state index in [4.69, 9.17) is 0 Å². The highest BCUT2D eigenvalue weighted by molar-refractivity contribution is 6.11. The van der Waals surface area contributed by atoms with Crippen molar-refractivity contribution in [1.82, 2.24) is 9.80 Å². The van der Waals surface area contributed by atoms with E-state index in [0.717, 1.165) is 61.8 Å². The highest BCUT2D eigenvalue weighted by Crippen LogP contribution is 2.39. The van der Waals surface area contributed by atoms with Gasteiger partial charge in [0.1, 0.15) is 6.04 Å². The van der Waals surface area contributed by atoms with Crippen LogP contribution in [0.1, 0.15) is 70.2 Å². The molecule has 0 aromatic heterocycles. The standard InChI is InChI=1S/C28H40N2O2/c1-5-21-13-15-28(32,16-14-21)26(29-17-19-30(20-18-29)27(2,3)4)25(31)24-12-8-10-22-9-6-7-11-23(22)24/h6-12,21,26,32H,5,13-20H2,1-4H3. The number of nitrogens with zero attached hydrogens (tertiary/aromatic N) is 2. The van der Waals surface area contributed by atoms with Crippen LogP contribution in [-0.4, -0.2) is 64.1 Å². The van der Waals surface area contributed by atoms with Gasteiger partial charge in [-0.1, -0.05) is 55.8 Å². The Balaban J connectivity index is 1.67. The van der Waals surface area contributed by atoms with E-state index in [1.165, 1.54) is 0 Å². The maximum Gasteiger partial charge on any atom is 0.183 e. The number of fused-ring (bicyclic) bond motifs is 1. The molecule has 1 atom stereocenters. The molecule has 0 bridgehead atoms. The summed E-state index contributed by atoms with van der Waals surface area (Å²) in [7, 11) is 0. The average Bonchev–Trinajstić information content (AvgIpc) is 2.79. The Morgan fingerprint density at radius 1 is 1.03 bits per heavy atom. The molecule has 4 heteroatoms. The molecule has 0 spiro atoms. The molecule has 1 saturated heterocycles. The van der Waals surface area contributed by atoms with Crippen LogP contribution in [0.25, 0.3) is 10.8 Å². The fraction of sp³-hybridized carbons (Fsp3) is 0.607. The van der Waals surface area contributed by atoms with Crippen molar-refractivity contribution in [2.45, 2.75) is 77.0 Å². The van der Waals surface area contributed by atoms with Crippen molar-refractivity contribution in [3.8, 4) is 0 Å². The Bertz CT molecular complexity index is 927. The number of benzene rings is 2. The van der Waals surface area contributed by atoms with E-state index in [-0.39, 0.29) is 11.3 Å². The van der Waals surface area contributed by atoms with Crippen LogP contribution in [-0.2, 0) is 0 Å². The van der Waals surface area contributed by atoms with Crippen LogP contribution in [0, 0.1) is 5.92 Å². The lowest BCUT2D eigenvalue weighted by molar-refractivity contribution is -0.0802. The third-order valence-corrected chi connectivity index (χ3v) is 7.99. The maximum absolute atomic E-state index is 14.2. The molecule has 1 aliphatic carbocycles. The summed E-state index contributed by atoms with van der Waals surface area (Å²) < 4.78 is 0. The highest BCUT2D eigenvalue weighted by atomic mass is 16.3.